The van der Waals surface area contributed by atoms with Crippen LogP contribution in [0.2, 0.25) is 0 Å². The fourth-order valence-electron chi connectivity index (χ4n) is 4.15. The molecule has 0 fully saturated rings. The second-order valence-electron chi connectivity index (χ2n) is 9.12. The van der Waals surface area contributed by atoms with Crippen LogP contribution < -0.4 is 10.1 Å². The summed E-state index contributed by atoms with van der Waals surface area (Å²) in [6, 6.07) is 17.2. The van der Waals surface area contributed by atoms with Gasteiger partial charge in [0.15, 0.2) is 0 Å². The molecule has 1 atom stereocenters. The van der Waals surface area contributed by atoms with E-state index in [1.165, 1.54) is 6.20 Å². The summed E-state index contributed by atoms with van der Waals surface area (Å²) < 4.78 is 31.9. The Morgan fingerprint density at radius 1 is 1.21 bits per heavy atom. The van der Waals surface area contributed by atoms with Gasteiger partial charge >= 0.3 is 6.09 Å². The Kier molecular flexibility index (Phi) is 5.32. The van der Waals surface area contributed by atoms with Crippen molar-refractivity contribution in [3.63, 3.8) is 0 Å². The molecule has 34 heavy (non-hydrogen) atoms. The number of alkyl carbamates (subject to hydrolysis) is 1. The minimum Gasteiger partial charge on any atom is -0.457 e. The molecular formula is C26H23FN3O4. The number of rotatable bonds is 1. The predicted molar refractivity (Wildman–Crippen MR) is 123 cm³/mol. The first kappa shape index (κ1) is 22.0. The van der Waals surface area contributed by atoms with Crippen LogP contribution in [0.15, 0.2) is 59.7 Å². The van der Waals surface area contributed by atoms with Gasteiger partial charge in [-0.1, -0.05) is 12.1 Å². The number of amides is 1. The molecule has 3 aromatic rings. The van der Waals surface area contributed by atoms with Crippen molar-refractivity contribution in [1.29, 1.82) is 0 Å². The molecule has 0 bridgehead atoms. The van der Waals surface area contributed by atoms with Crippen LogP contribution >= 0.6 is 0 Å². The summed E-state index contributed by atoms with van der Waals surface area (Å²) in [6.45, 7) is 5.67. The predicted octanol–water partition coefficient (Wildman–Crippen LogP) is 4.99. The third kappa shape index (κ3) is 4.01. The maximum Gasteiger partial charge on any atom is 0.413 e. The summed E-state index contributed by atoms with van der Waals surface area (Å²) in [5, 5.41) is 2.71. The van der Waals surface area contributed by atoms with Crippen molar-refractivity contribution >= 4 is 11.9 Å². The van der Waals surface area contributed by atoms with Crippen LogP contribution in [0.25, 0.3) is 11.1 Å². The van der Waals surface area contributed by atoms with Gasteiger partial charge in [-0.25, -0.2) is 9.78 Å². The maximum atomic E-state index is 14.5. The number of aromatic nitrogens is 1. The van der Waals surface area contributed by atoms with Crippen LogP contribution in [-0.4, -0.2) is 35.7 Å². The highest BCUT2D eigenvalue weighted by atomic mass is 19.1. The fraction of sp³-hybridized carbons (Fsp3) is 0.269. The minimum atomic E-state index is -1.03. The number of ether oxygens (including phenoxy) is 3. The van der Waals surface area contributed by atoms with Gasteiger partial charge in [0.1, 0.15) is 35.1 Å². The standard InChI is InChI=1S/C26H23FN3O4/c1-25(2,3)34-24(31)29-22-14-32-15-26(30-22)18-8-4-5-9-20(18)33-21-11-10-16(13-19(21)26)17-7-6-12-28-23(17)27/h5-13H,14-15H2,1-3H3,(H,29,30,31). The van der Waals surface area contributed by atoms with E-state index in [4.69, 9.17) is 19.2 Å². The summed E-state index contributed by atoms with van der Waals surface area (Å²) >= 11 is 0. The Morgan fingerprint density at radius 3 is 2.82 bits per heavy atom. The Labute approximate surface area is 196 Å². The molecule has 1 aromatic heterocycles. The molecule has 1 spiro atoms. The average molecular weight is 460 g/mol. The number of nitrogens with zero attached hydrogens (tertiary/aromatic N) is 2. The van der Waals surface area contributed by atoms with Gasteiger partial charge in [-0.3, -0.25) is 10.3 Å². The Morgan fingerprint density at radius 2 is 2.03 bits per heavy atom. The lowest BCUT2D eigenvalue weighted by Gasteiger charge is -2.39. The zero-order valence-corrected chi connectivity index (χ0v) is 19.0. The van der Waals surface area contributed by atoms with E-state index in [2.05, 4.69) is 16.4 Å². The van der Waals surface area contributed by atoms with Gasteiger partial charge in [0.05, 0.1) is 6.61 Å². The molecule has 0 aliphatic carbocycles. The zero-order chi connectivity index (χ0) is 23.9. The van der Waals surface area contributed by atoms with Gasteiger partial charge in [-0.05, 0) is 68.8 Å². The number of hydrogen-bond acceptors (Lipinski definition) is 6. The molecule has 0 saturated heterocycles. The monoisotopic (exact) mass is 460 g/mol. The molecule has 2 aliphatic heterocycles. The number of aliphatic imine (C=N–C) groups is 1. The molecule has 173 valence electrons. The van der Waals surface area contributed by atoms with Crippen molar-refractivity contribution in [3.05, 3.63) is 77.9 Å². The lowest BCUT2D eigenvalue weighted by atomic mass is 9.79. The van der Waals surface area contributed by atoms with E-state index in [9.17, 15) is 9.18 Å². The van der Waals surface area contributed by atoms with Gasteiger partial charge in [-0.2, -0.15) is 4.39 Å². The number of carbonyl (C=O) groups excluding carboxylic acids is 1. The van der Waals surface area contributed by atoms with Crippen molar-refractivity contribution in [1.82, 2.24) is 10.3 Å². The summed E-state index contributed by atoms with van der Waals surface area (Å²) in [7, 11) is 0. The number of halogens is 1. The molecule has 2 aliphatic rings. The molecule has 0 saturated carbocycles. The number of pyridine rings is 1. The largest absolute Gasteiger partial charge is 0.457 e. The second-order valence-corrected chi connectivity index (χ2v) is 9.12. The van der Waals surface area contributed by atoms with Crippen molar-refractivity contribution in [2.75, 3.05) is 13.2 Å². The first-order chi connectivity index (χ1) is 16.2. The second kappa shape index (κ2) is 8.22. The highest BCUT2D eigenvalue weighted by Crippen LogP contribution is 2.50. The lowest BCUT2D eigenvalue weighted by Crippen LogP contribution is -2.46. The van der Waals surface area contributed by atoms with E-state index >= 15 is 0 Å². The number of amidine groups is 1. The zero-order valence-electron chi connectivity index (χ0n) is 19.0. The van der Waals surface area contributed by atoms with E-state index in [1.54, 1.807) is 63.2 Å². The third-order valence-electron chi connectivity index (χ3n) is 5.51. The molecular weight excluding hydrogens is 437 g/mol. The molecule has 8 heteroatoms. The summed E-state index contributed by atoms with van der Waals surface area (Å²) in [5.41, 5.74) is 0.709. The first-order valence-corrected chi connectivity index (χ1v) is 10.9. The molecule has 1 N–H and O–H groups in total. The molecule has 7 nitrogen and oxygen atoms in total. The van der Waals surface area contributed by atoms with Crippen LogP contribution in [0.3, 0.4) is 0 Å². The SMILES string of the molecule is CC(C)(C)OC(=O)NC1=NC2(COC1)c1c[c]ccc1Oc1ccc(-c3cccnc3F)cc12. The van der Waals surface area contributed by atoms with Gasteiger partial charge in [0.2, 0.25) is 5.95 Å². The topological polar surface area (TPSA) is 82.0 Å². The van der Waals surface area contributed by atoms with E-state index in [0.717, 1.165) is 5.56 Å². The average Bonchev–Trinajstić information content (AvgIpc) is 2.79. The molecule has 1 amide bonds. The Hall–Kier alpha value is -3.78. The molecule has 1 radical (unpaired) electrons. The van der Waals surface area contributed by atoms with Crippen molar-refractivity contribution < 1.29 is 23.4 Å². The lowest BCUT2D eigenvalue weighted by molar-refractivity contribution is 0.0545. The van der Waals surface area contributed by atoms with Crippen molar-refractivity contribution in [2.45, 2.75) is 31.9 Å². The number of hydrogen-bond donors (Lipinski definition) is 1. The number of fused-ring (bicyclic) bond motifs is 4. The van der Waals surface area contributed by atoms with Gasteiger partial charge < -0.3 is 14.2 Å². The highest BCUT2D eigenvalue weighted by molar-refractivity contribution is 5.97. The molecule has 1 unspecified atom stereocenters. The van der Waals surface area contributed by atoms with Gasteiger partial charge in [0, 0.05) is 22.9 Å². The van der Waals surface area contributed by atoms with Crippen LogP contribution in [0.1, 0.15) is 31.9 Å². The van der Waals surface area contributed by atoms with Crippen LogP contribution in [0.5, 0.6) is 11.5 Å². The Balaban J connectivity index is 1.64. The van der Waals surface area contributed by atoms with E-state index in [-0.39, 0.29) is 13.2 Å². The van der Waals surface area contributed by atoms with E-state index in [0.29, 0.717) is 34.0 Å². The molecule has 2 aromatic carbocycles. The summed E-state index contributed by atoms with van der Waals surface area (Å²) in [6.07, 6.45) is 0.784. The maximum absolute atomic E-state index is 14.5. The minimum absolute atomic E-state index is 0.111. The summed E-state index contributed by atoms with van der Waals surface area (Å²) in [5.74, 6) is 0.925. The first-order valence-electron chi connectivity index (χ1n) is 10.9. The summed E-state index contributed by atoms with van der Waals surface area (Å²) in [4.78, 5) is 21.1. The molecule has 5 rings (SSSR count). The van der Waals surface area contributed by atoms with Crippen LogP contribution in [0, 0.1) is 12.0 Å². The van der Waals surface area contributed by atoms with Gasteiger partial charge in [0.25, 0.3) is 0 Å². The van der Waals surface area contributed by atoms with E-state index < -0.39 is 23.2 Å². The van der Waals surface area contributed by atoms with Crippen molar-refractivity contribution in [3.8, 4) is 22.6 Å². The number of nitrogens with one attached hydrogen (secondary N) is 1. The fourth-order valence-corrected chi connectivity index (χ4v) is 4.15. The number of benzene rings is 2. The highest BCUT2D eigenvalue weighted by Gasteiger charge is 2.45. The normalized spacial score (nSPS) is 18.9. The Bertz CT molecular complexity index is 1300. The number of carbonyl (C=O) groups is 1. The smallest absolute Gasteiger partial charge is 0.413 e. The van der Waals surface area contributed by atoms with Gasteiger partial charge in [-0.15, -0.1) is 0 Å². The third-order valence-corrected chi connectivity index (χ3v) is 5.51. The van der Waals surface area contributed by atoms with Crippen molar-refractivity contribution in [2.24, 2.45) is 4.99 Å². The quantitative estimate of drug-likeness (QED) is 0.518. The van der Waals surface area contributed by atoms with Crippen LogP contribution in [0.4, 0.5) is 9.18 Å². The van der Waals surface area contributed by atoms with E-state index in [1.807, 2.05) is 6.07 Å². The molecule has 3 heterocycles. The van der Waals surface area contributed by atoms with Crippen LogP contribution in [-0.2, 0) is 15.0 Å².